The molecule has 0 bridgehead atoms. The zero-order valence-electron chi connectivity index (χ0n) is 15.8. The Kier molecular flexibility index (Phi) is 5.76. The van der Waals surface area contributed by atoms with Crippen molar-refractivity contribution in [2.45, 2.75) is 17.7 Å². The van der Waals surface area contributed by atoms with Crippen LogP contribution in [-0.2, 0) is 10.0 Å². The summed E-state index contributed by atoms with van der Waals surface area (Å²) in [6, 6.07) is 7.56. The van der Waals surface area contributed by atoms with Crippen LogP contribution in [-0.4, -0.2) is 60.4 Å². The van der Waals surface area contributed by atoms with Crippen LogP contribution in [0.4, 0.5) is 0 Å². The van der Waals surface area contributed by atoms with E-state index in [0.29, 0.717) is 18.8 Å². The molecule has 28 heavy (non-hydrogen) atoms. The van der Waals surface area contributed by atoms with Crippen molar-refractivity contribution in [1.29, 1.82) is 0 Å². The molecule has 2 heterocycles. The molecule has 1 aromatic heterocycles. The lowest BCUT2D eigenvalue weighted by atomic mass is 10.2. The maximum Gasteiger partial charge on any atom is 0.243 e. The van der Waals surface area contributed by atoms with E-state index in [4.69, 9.17) is 0 Å². The highest BCUT2D eigenvalue weighted by atomic mass is 32.2. The Morgan fingerprint density at radius 2 is 1.89 bits per heavy atom. The van der Waals surface area contributed by atoms with Gasteiger partial charge in [0.25, 0.3) is 0 Å². The summed E-state index contributed by atoms with van der Waals surface area (Å²) in [5.41, 5.74) is -0.273. The van der Waals surface area contributed by atoms with Gasteiger partial charge in [-0.25, -0.2) is 13.1 Å². The van der Waals surface area contributed by atoms with Gasteiger partial charge < -0.3 is 4.90 Å². The third kappa shape index (κ3) is 4.20. The van der Waals surface area contributed by atoms with E-state index in [1.54, 1.807) is 31.1 Å². The summed E-state index contributed by atoms with van der Waals surface area (Å²) >= 11 is 0. The van der Waals surface area contributed by atoms with E-state index in [1.165, 1.54) is 45.7 Å². The van der Waals surface area contributed by atoms with E-state index in [-0.39, 0.29) is 10.6 Å². The Bertz CT molecular complexity index is 1070. The second-order valence-electron chi connectivity index (χ2n) is 6.73. The fourth-order valence-electron chi connectivity index (χ4n) is 2.88. The molecule has 3 rings (SSSR count). The van der Waals surface area contributed by atoms with Crippen molar-refractivity contribution >= 4 is 15.8 Å². The molecule has 1 aliphatic rings. The van der Waals surface area contributed by atoms with Crippen molar-refractivity contribution in [2.24, 2.45) is 0 Å². The number of allylic oxidation sites excluding steroid dienone is 1. The van der Waals surface area contributed by atoms with E-state index in [2.05, 4.69) is 5.10 Å². The standard InChI is InChI=1S/C19H22N4O4S/c1-21(2)12-8-17(24)19-18(25)9-13-23(20-19)15-6-5-7-16(14-15)28(26,27)22-10-3-4-11-22/h5-9,12-14H,3-4,10-11H2,1-2H3/b12-8+. The molecule has 0 atom stereocenters. The van der Waals surface area contributed by atoms with Crippen LogP contribution < -0.4 is 5.43 Å². The van der Waals surface area contributed by atoms with Gasteiger partial charge in [0.05, 0.1) is 10.6 Å². The molecular formula is C19H22N4O4S. The molecule has 148 valence electrons. The molecule has 0 aliphatic carbocycles. The molecule has 0 amide bonds. The quantitative estimate of drug-likeness (QED) is 0.534. The number of hydrogen-bond donors (Lipinski definition) is 0. The summed E-state index contributed by atoms with van der Waals surface area (Å²) < 4.78 is 28.3. The average Bonchev–Trinajstić information content (AvgIpc) is 3.22. The first-order chi connectivity index (χ1) is 13.3. The normalized spacial score (nSPS) is 15.2. The Morgan fingerprint density at radius 1 is 1.18 bits per heavy atom. The maximum absolute atomic E-state index is 12.8. The van der Waals surface area contributed by atoms with Crippen LogP contribution in [0.15, 0.2) is 58.5 Å². The number of rotatable bonds is 6. The van der Waals surface area contributed by atoms with Gasteiger partial charge in [-0.1, -0.05) is 6.07 Å². The van der Waals surface area contributed by atoms with Crippen LogP contribution in [0, 0.1) is 0 Å². The first-order valence-corrected chi connectivity index (χ1v) is 10.3. The number of ketones is 1. The summed E-state index contributed by atoms with van der Waals surface area (Å²) in [7, 11) is -0.0616. The average molecular weight is 402 g/mol. The minimum absolute atomic E-state index is 0.160. The summed E-state index contributed by atoms with van der Waals surface area (Å²) in [5.74, 6) is -0.520. The van der Waals surface area contributed by atoms with Crippen LogP contribution in [0.2, 0.25) is 0 Å². The van der Waals surface area contributed by atoms with Crippen LogP contribution in [0.1, 0.15) is 23.3 Å². The van der Waals surface area contributed by atoms with E-state index in [0.717, 1.165) is 12.8 Å². The third-order valence-electron chi connectivity index (χ3n) is 4.35. The molecule has 2 aromatic rings. The fraction of sp³-hybridized carbons (Fsp3) is 0.316. The number of carbonyl (C=O) groups excluding carboxylic acids is 1. The smallest absolute Gasteiger partial charge is 0.243 e. The Labute approximate surface area is 163 Å². The van der Waals surface area contributed by atoms with Gasteiger partial charge in [-0.3, -0.25) is 9.59 Å². The first-order valence-electron chi connectivity index (χ1n) is 8.88. The van der Waals surface area contributed by atoms with Crippen molar-refractivity contribution in [1.82, 2.24) is 19.0 Å². The van der Waals surface area contributed by atoms with E-state index in [9.17, 15) is 18.0 Å². The second-order valence-corrected chi connectivity index (χ2v) is 8.66. The highest BCUT2D eigenvalue weighted by molar-refractivity contribution is 7.89. The van der Waals surface area contributed by atoms with Crippen molar-refractivity contribution < 1.29 is 13.2 Å². The highest BCUT2D eigenvalue weighted by Gasteiger charge is 2.27. The molecule has 9 heteroatoms. The number of benzene rings is 1. The van der Waals surface area contributed by atoms with Crippen molar-refractivity contribution in [3.8, 4) is 5.69 Å². The van der Waals surface area contributed by atoms with Gasteiger partial charge >= 0.3 is 0 Å². The Balaban J connectivity index is 1.97. The van der Waals surface area contributed by atoms with Crippen LogP contribution in [0.25, 0.3) is 5.69 Å². The van der Waals surface area contributed by atoms with Crippen molar-refractivity contribution in [3.05, 3.63) is 64.7 Å². The molecule has 8 nitrogen and oxygen atoms in total. The highest BCUT2D eigenvalue weighted by Crippen LogP contribution is 2.22. The SMILES string of the molecule is CN(C)/C=C/C(=O)c1nn(-c2cccc(S(=O)(=O)N3CCCC3)c2)ccc1=O. The van der Waals surface area contributed by atoms with Crippen molar-refractivity contribution in [2.75, 3.05) is 27.2 Å². The number of aromatic nitrogens is 2. The summed E-state index contributed by atoms with van der Waals surface area (Å²) in [4.78, 5) is 26.1. The lowest BCUT2D eigenvalue weighted by Crippen LogP contribution is -2.28. The van der Waals surface area contributed by atoms with Gasteiger partial charge in [0.1, 0.15) is 0 Å². The van der Waals surface area contributed by atoms with Crippen LogP contribution in [0.3, 0.4) is 0 Å². The molecule has 0 unspecified atom stereocenters. The van der Waals surface area contributed by atoms with Crippen LogP contribution >= 0.6 is 0 Å². The Morgan fingerprint density at radius 3 is 2.57 bits per heavy atom. The van der Waals surface area contributed by atoms with Gasteiger partial charge in [0.15, 0.2) is 5.69 Å². The largest absolute Gasteiger partial charge is 0.383 e. The molecule has 0 radical (unpaired) electrons. The Hall–Kier alpha value is -2.78. The predicted octanol–water partition coefficient (Wildman–Crippen LogP) is 1.27. The zero-order chi connectivity index (χ0) is 20.3. The predicted molar refractivity (Wildman–Crippen MR) is 105 cm³/mol. The summed E-state index contributed by atoms with van der Waals surface area (Å²) in [5, 5.41) is 4.12. The zero-order valence-corrected chi connectivity index (χ0v) is 16.6. The topological polar surface area (TPSA) is 92.6 Å². The maximum atomic E-state index is 12.8. The number of nitrogens with zero attached hydrogens (tertiary/aromatic N) is 4. The van der Waals surface area contributed by atoms with Gasteiger partial charge in [-0.15, -0.1) is 0 Å². The minimum Gasteiger partial charge on any atom is -0.383 e. The van der Waals surface area contributed by atoms with E-state index >= 15 is 0 Å². The van der Waals surface area contributed by atoms with Crippen molar-refractivity contribution in [3.63, 3.8) is 0 Å². The molecule has 1 saturated heterocycles. The van der Waals surface area contributed by atoms with E-state index in [1.807, 2.05) is 0 Å². The molecule has 0 saturated carbocycles. The van der Waals surface area contributed by atoms with Crippen LogP contribution in [0.5, 0.6) is 0 Å². The molecule has 1 fully saturated rings. The molecule has 1 aliphatic heterocycles. The second kappa shape index (κ2) is 8.07. The van der Waals surface area contributed by atoms with Gasteiger partial charge in [0, 0.05) is 51.7 Å². The lowest BCUT2D eigenvalue weighted by Gasteiger charge is -2.16. The van der Waals surface area contributed by atoms with Gasteiger partial charge in [-0.2, -0.15) is 9.40 Å². The lowest BCUT2D eigenvalue weighted by molar-refractivity contribution is 0.103. The molecular weight excluding hydrogens is 380 g/mol. The summed E-state index contributed by atoms with van der Waals surface area (Å²) in [6.07, 6.45) is 5.92. The first kappa shape index (κ1) is 20.0. The number of hydrogen-bond acceptors (Lipinski definition) is 6. The fourth-order valence-corrected chi connectivity index (χ4v) is 4.44. The molecule has 0 spiro atoms. The third-order valence-corrected chi connectivity index (χ3v) is 6.25. The van der Waals surface area contributed by atoms with E-state index < -0.39 is 21.2 Å². The summed E-state index contributed by atoms with van der Waals surface area (Å²) in [6.45, 7) is 1.03. The minimum atomic E-state index is -3.58. The number of sulfonamides is 1. The monoisotopic (exact) mass is 402 g/mol. The van der Waals surface area contributed by atoms with Gasteiger partial charge in [-0.05, 0) is 31.0 Å². The molecule has 1 aromatic carbocycles. The van der Waals surface area contributed by atoms with Gasteiger partial charge in [0.2, 0.25) is 21.2 Å². The number of carbonyl (C=O) groups is 1. The molecule has 0 N–H and O–H groups in total.